The highest BCUT2D eigenvalue weighted by atomic mass is 79.9. The van der Waals surface area contributed by atoms with Gasteiger partial charge < -0.3 is 4.90 Å². The van der Waals surface area contributed by atoms with Crippen molar-refractivity contribution in [3.63, 3.8) is 0 Å². The molecule has 2 aliphatic rings. The van der Waals surface area contributed by atoms with E-state index in [4.69, 9.17) is 0 Å². The number of halogens is 1. The Bertz CT molecular complexity index is 916. The van der Waals surface area contributed by atoms with Gasteiger partial charge >= 0.3 is 0 Å². The van der Waals surface area contributed by atoms with Crippen molar-refractivity contribution in [2.24, 2.45) is 4.99 Å². The van der Waals surface area contributed by atoms with E-state index in [9.17, 15) is 4.79 Å². The van der Waals surface area contributed by atoms with Crippen LogP contribution in [0.3, 0.4) is 0 Å². The fraction of sp³-hybridized carbons (Fsp3) is 0.273. The third kappa shape index (κ3) is 4.33. The standard InChI is InChI=1S/C22H22BrN3OS/c1-25-21(27)20(28-22(25)24-18-9-7-17(23)8-10-18)15-16-5-11-19(12-6-16)26-13-3-2-4-14-26/h5-12,15H,2-4,13-14H2,1H3/b20-15-,24-22?. The van der Waals surface area contributed by atoms with Gasteiger partial charge in [0, 0.05) is 30.3 Å². The largest absolute Gasteiger partial charge is 0.372 e. The van der Waals surface area contributed by atoms with E-state index < -0.39 is 0 Å². The maximum Gasteiger partial charge on any atom is 0.266 e. The summed E-state index contributed by atoms with van der Waals surface area (Å²) in [6.45, 7) is 2.27. The van der Waals surface area contributed by atoms with Crippen molar-refractivity contribution in [2.75, 3.05) is 25.0 Å². The average Bonchev–Trinajstić information content (AvgIpc) is 2.99. The Kier molecular flexibility index (Phi) is 5.87. The van der Waals surface area contributed by atoms with Gasteiger partial charge in [-0.3, -0.25) is 9.69 Å². The zero-order valence-corrected chi connectivity index (χ0v) is 18.2. The van der Waals surface area contributed by atoms with Crippen LogP contribution in [0.15, 0.2) is 62.9 Å². The molecule has 0 aromatic heterocycles. The number of carbonyl (C=O) groups excluding carboxylic acids is 1. The lowest BCUT2D eigenvalue weighted by atomic mass is 10.1. The van der Waals surface area contributed by atoms with Crippen LogP contribution in [0.5, 0.6) is 0 Å². The Hall–Kier alpha value is -2.05. The summed E-state index contributed by atoms with van der Waals surface area (Å²) < 4.78 is 1.01. The molecule has 2 aromatic rings. The fourth-order valence-electron chi connectivity index (χ4n) is 3.36. The minimum absolute atomic E-state index is 0.0130. The molecule has 0 unspecified atom stereocenters. The number of thioether (sulfide) groups is 1. The first-order valence-electron chi connectivity index (χ1n) is 9.47. The van der Waals surface area contributed by atoms with E-state index in [2.05, 4.69) is 50.1 Å². The molecule has 0 atom stereocenters. The van der Waals surface area contributed by atoms with Crippen LogP contribution >= 0.6 is 27.7 Å². The summed E-state index contributed by atoms with van der Waals surface area (Å²) in [4.78, 5) is 22.0. The van der Waals surface area contributed by atoms with Crippen LogP contribution in [0.4, 0.5) is 11.4 Å². The third-order valence-corrected chi connectivity index (χ3v) is 6.56. The number of hydrogen-bond donors (Lipinski definition) is 0. The monoisotopic (exact) mass is 455 g/mol. The minimum atomic E-state index is -0.0130. The van der Waals surface area contributed by atoms with Crippen LogP contribution in [0.25, 0.3) is 6.08 Å². The third-order valence-electron chi connectivity index (χ3n) is 4.97. The van der Waals surface area contributed by atoms with Gasteiger partial charge in [0.25, 0.3) is 5.91 Å². The van der Waals surface area contributed by atoms with Crippen LogP contribution in [0.2, 0.25) is 0 Å². The molecule has 0 N–H and O–H groups in total. The number of anilines is 1. The number of aliphatic imine (C=N–C) groups is 1. The second-order valence-corrected chi connectivity index (χ2v) is 8.91. The molecule has 2 aliphatic heterocycles. The van der Waals surface area contributed by atoms with Crippen molar-refractivity contribution in [3.05, 3.63) is 63.5 Å². The summed E-state index contributed by atoms with van der Waals surface area (Å²) in [5, 5.41) is 0.698. The van der Waals surface area contributed by atoms with Gasteiger partial charge in [0.2, 0.25) is 0 Å². The summed E-state index contributed by atoms with van der Waals surface area (Å²) >= 11 is 4.84. The molecule has 4 nitrogen and oxygen atoms in total. The molecule has 144 valence electrons. The van der Waals surface area contributed by atoms with Crippen molar-refractivity contribution >= 4 is 56.2 Å². The van der Waals surface area contributed by atoms with Crippen molar-refractivity contribution < 1.29 is 4.79 Å². The van der Waals surface area contributed by atoms with Gasteiger partial charge in [-0.2, -0.15) is 0 Å². The average molecular weight is 456 g/mol. The number of likely N-dealkylation sites (N-methyl/N-ethyl adjacent to an activating group) is 1. The van der Waals surface area contributed by atoms with Gasteiger partial charge in [-0.05, 0) is 79.1 Å². The van der Waals surface area contributed by atoms with E-state index in [-0.39, 0.29) is 5.91 Å². The summed E-state index contributed by atoms with van der Waals surface area (Å²) in [6, 6.07) is 16.2. The molecular weight excluding hydrogens is 434 g/mol. The van der Waals surface area contributed by atoms with Crippen LogP contribution < -0.4 is 4.90 Å². The Morgan fingerprint density at radius 2 is 1.68 bits per heavy atom. The molecule has 2 aromatic carbocycles. The molecule has 0 spiro atoms. The number of nitrogens with zero attached hydrogens (tertiary/aromatic N) is 3. The number of amidine groups is 1. The number of piperidine rings is 1. The molecule has 2 fully saturated rings. The predicted octanol–water partition coefficient (Wildman–Crippen LogP) is 5.67. The second-order valence-electron chi connectivity index (χ2n) is 6.98. The zero-order chi connectivity index (χ0) is 19.5. The summed E-state index contributed by atoms with van der Waals surface area (Å²) in [5.41, 5.74) is 3.13. The Morgan fingerprint density at radius 1 is 1.00 bits per heavy atom. The van der Waals surface area contributed by atoms with Crippen molar-refractivity contribution in [1.82, 2.24) is 4.90 Å². The van der Waals surface area contributed by atoms with Gasteiger partial charge in [0.15, 0.2) is 5.17 Å². The van der Waals surface area contributed by atoms with Gasteiger partial charge in [-0.25, -0.2) is 4.99 Å². The Balaban J connectivity index is 1.51. The molecule has 28 heavy (non-hydrogen) atoms. The molecule has 4 rings (SSSR count). The van der Waals surface area contributed by atoms with E-state index in [1.165, 1.54) is 36.7 Å². The molecular formula is C22H22BrN3OS. The number of carbonyl (C=O) groups is 1. The van der Waals surface area contributed by atoms with E-state index in [1.54, 1.807) is 11.9 Å². The molecule has 0 aliphatic carbocycles. The summed E-state index contributed by atoms with van der Waals surface area (Å²) in [5.74, 6) is -0.0130. The van der Waals surface area contributed by atoms with Gasteiger partial charge in [-0.1, -0.05) is 28.1 Å². The normalized spacial score (nSPS) is 20.4. The maximum atomic E-state index is 12.6. The lowest BCUT2D eigenvalue weighted by Gasteiger charge is -2.28. The van der Waals surface area contributed by atoms with Gasteiger partial charge in [0.05, 0.1) is 10.6 Å². The van der Waals surface area contributed by atoms with E-state index in [0.717, 1.165) is 28.8 Å². The smallest absolute Gasteiger partial charge is 0.266 e. The van der Waals surface area contributed by atoms with Gasteiger partial charge in [-0.15, -0.1) is 0 Å². The highest BCUT2D eigenvalue weighted by Crippen LogP contribution is 2.33. The van der Waals surface area contributed by atoms with E-state index in [0.29, 0.717) is 10.1 Å². The second kappa shape index (κ2) is 8.53. The quantitative estimate of drug-likeness (QED) is 0.558. The molecule has 0 saturated carbocycles. The SMILES string of the molecule is CN1C(=O)/C(=C/c2ccc(N3CCCCC3)cc2)SC1=Nc1ccc(Br)cc1. The highest BCUT2D eigenvalue weighted by molar-refractivity contribution is 9.10. The topological polar surface area (TPSA) is 35.9 Å². The Morgan fingerprint density at radius 3 is 2.36 bits per heavy atom. The lowest BCUT2D eigenvalue weighted by molar-refractivity contribution is -0.121. The van der Waals surface area contributed by atoms with Crippen molar-refractivity contribution in [2.45, 2.75) is 19.3 Å². The molecule has 0 bridgehead atoms. The van der Waals surface area contributed by atoms with Crippen LogP contribution in [-0.2, 0) is 4.79 Å². The summed E-state index contributed by atoms with van der Waals surface area (Å²) in [7, 11) is 1.77. The number of benzene rings is 2. The Labute approximate surface area is 178 Å². The number of hydrogen-bond acceptors (Lipinski definition) is 4. The van der Waals surface area contributed by atoms with Crippen LogP contribution in [0, 0.1) is 0 Å². The van der Waals surface area contributed by atoms with Crippen LogP contribution in [-0.4, -0.2) is 36.1 Å². The zero-order valence-electron chi connectivity index (χ0n) is 15.8. The van der Waals surface area contributed by atoms with E-state index in [1.807, 2.05) is 30.3 Å². The summed E-state index contributed by atoms with van der Waals surface area (Å²) in [6.07, 6.45) is 5.82. The van der Waals surface area contributed by atoms with Gasteiger partial charge in [0.1, 0.15) is 0 Å². The molecule has 6 heteroatoms. The maximum absolute atomic E-state index is 12.6. The first kappa shape index (κ1) is 19.3. The fourth-order valence-corrected chi connectivity index (χ4v) is 4.61. The molecule has 1 amide bonds. The highest BCUT2D eigenvalue weighted by Gasteiger charge is 2.30. The first-order valence-corrected chi connectivity index (χ1v) is 11.1. The molecule has 0 radical (unpaired) electrons. The van der Waals surface area contributed by atoms with Crippen LogP contribution in [0.1, 0.15) is 24.8 Å². The minimum Gasteiger partial charge on any atom is -0.372 e. The van der Waals surface area contributed by atoms with Crippen molar-refractivity contribution in [1.29, 1.82) is 0 Å². The number of amides is 1. The lowest BCUT2D eigenvalue weighted by Crippen LogP contribution is -2.29. The van der Waals surface area contributed by atoms with Crippen molar-refractivity contribution in [3.8, 4) is 0 Å². The predicted molar refractivity (Wildman–Crippen MR) is 122 cm³/mol. The molecule has 2 saturated heterocycles. The van der Waals surface area contributed by atoms with E-state index >= 15 is 0 Å². The molecule has 2 heterocycles. The first-order chi connectivity index (χ1) is 13.6. The number of rotatable bonds is 3.